The molecule has 0 spiro atoms. The van der Waals surface area contributed by atoms with Crippen LogP contribution >= 0.6 is 0 Å². The molecule has 0 aromatic heterocycles. The molecule has 0 aliphatic rings. The molecular formula is C15H14FNO2. The number of hydrogen-bond donors (Lipinski definition) is 1. The van der Waals surface area contributed by atoms with Gasteiger partial charge in [-0.25, -0.2) is 9.18 Å². The Balaban J connectivity index is 1.98. The Morgan fingerprint density at radius 3 is 2.58 bits per heavy atom. The number of benzene rings is 2. The smallest absolute Gasteiger partial charge is 0.337 e. The van der Waals surface area contributed by atoms with Gasteiger partial charge < -0.3 is 10.1 Å². The Morgan fingerprint density at radius 2 is 1.95 bits per heavy atom. The van der Waals surface area contributed by atoms with Crippen LogP contribution in [0.5, 0.6) is 0 Å². The van der Waals surface area contributed by atoms with Crippen molar-refractivity contribution in [3.8, 4) is 0 Å². The average Bonchev–Trinajstić information content (AvgIpc) is 2.45. The Hall–Kier alpha value is -2.36. The molecular weight excluding hydrogens is 245 g/mol. The molecule has 0 fully saturated rings. The van der Waals surface area contributed by atoms with Crippen LogP contribution in [0.3, 0.4) is 0 Å². The lowest BCUT2D eigenvalue weighted by atomic mass is 10.2. The zero-order chi connectivity index (χ0) is 13.7. The molecule has 1 N–H and O–H groups in total. The molecule has 0 bridgehead atoms. The van der Waals surface area contributed by atoms with Gasteiger partial charge in [0.05, 0.1) is 12.7 Å². The van der Waals surface area contributed by atoms with E-state index in [1.54, 1.807) is 30.3 Å². The highest BCUT2D eigenvalue weighted by molar-refractivity contribution is 5.89. The predicted molar refractivity (Wildman–Crippen MR) is 71.5 cm³/mol. The summed E-state index contributed by atoms with van der Waals surface area (Å²) in [6.07, 6.45) is 0. The molecule has 0 saturated heterocycles. The van der Waals surface area contributed by atoms with E-state index < -0.39 is 0 Å². The third-order valence-electron chi connectivity index (χ3n) is 2.69. The number of nitrogens with one attached hydrogen (secondary N) is 1. The number of methoxy groups -OCH3 is 1. The van der Waals surface area contributed by atoms with E-state index in [2.05, 4.69) is 10.1 Å². The van der Waals surface area contributed by atoms with E-state index in [9.17, 15) is 9.18 Å². The fourth-order valence-corrected chi connectivity index (χ4v) is 1.69. The Labute approximate surface area is 111 Å². The molecule has 0 radical (unpaired) electrons. The number of esters is 1. The van der Waals surface area contributed by atoms with Gasteiger partial charge in [-0.05, 0) is 42.0 Å². The fraction of sp³-hybridized carbons (Fsp3) is 0.133. The topological polar surface area (TPSA) is 38.3 Å². The van der Waals surface area contributed by atoms with E-state index in [-0.39, 0.29) is 11.8 Å². The predicted octanol–water partition coefficient (Wildman–Crippen LogP) is 3.22. The van der Waals surface area contributed by atoms with Crippen LogP contribution in [0.1, 0.15) is 15.9 Å². The summed E-state index contributed by atoms with van der Waals surface area (Å²) in [6, 6.07) is 13.3. The number of carbonyl (C=O) groups excluding carboxylic acids is 1. The molecule has 0 amide bonds. The van der Waals surface area contributed by atoms with Crippen molar-refractivity contribution in [2.75, 3.05) is 12.4 Å². The summed E-state index contributed by atoms with van der Waals surface area (Å²) in [5.74, 6) is -0.614. The molecule has 2 rings (SSSR count). The highest BCUT2D eigenvalue weighted by atomic mass is 19.1. The molecule has 0 heterocycles. The third kappa shape index (κ3) is 3.55. The van der Waals surface area contributed by atoms with Gasteiger partial charge in [-0.1, -0.05) is 12.1 Å². The molecule has 0 unspecified atom stereocenters. The maximum atomic E-state index is 13.0. The number of rotatable bonds is 4. The first-order valence-corrected chi connectivity index (χ1v) is 5.86. The minimum Gasteiger partial charge on any atom is -0.465 e. The zero-order valence-electron chi connectivity index (χ0n) is 10.5. The number of halogens is 1. The Morgan fingerprint density at radius 1 is 1.21 bits per heavy atom. The normalized spacial score (nSPS) is 10.0. The summed E-state index contributed by atoms with van der Waals surface area (Å²) in [5, 5.41) is 3.15. The molecule has 19 heavy (non-hydrogen) atoms. The maximum absolute atomic E-state index is 13.0. The first-order valence-electron chi connectivity index (χ1n) is 5.86. The van der Waals surface area contributed by atoms with Crippen LogP contribution in [0.15, 0.2) is 48.5 Å². The van der Waals surface area contributed by atoms with Gasteiger partial charge in [0.2, 0.25) is 0 Å². The number of hydrogen-bond acceptors (Lipinski definition) is 3. The van der Waals surface area contributed by atoms with Crippen molar-refractivity contribution in [1.82, 2.24) is 0 Å². The van der Waals surface area contributed by atoms with Gasteiger partial charge >= 0.3 is 5.97 Å². The van der Waals surface area contributed by atoms with Gasteiger partial charge in [-0.15, -0.1) is 0 Å². The Kier molecular flexibility index (Phi) is 4.13. The highest BCUT2D eigenvalue weighted by Crippen LogP contribution is 2.12. The third-order valence-corrected chi connectivity index (χ3v) is 2.69. The van der Waals surface area contributed by atoms with Gasteiger partial charge in [0.15, 0.2) is 0 Å². The standard InChI is InChI=1S/C15H14FNO2/c1-19-15(18)12-5-7-14(8-6-12)17-10-11-3-2-4-13(16)9-11/h2-9,17H,10H2,1H3. The van der Waals surface area contributed by atoms with E-state index in [0.29, 0.717) is 12.1 Å². The van der Waals surface area contributed by atoms with Crippen LogP contribution in [0.25, 0.3) is 0 Å². The summed E-state index contributed by atoms with van der Waals surface area (Å²) in [6.45, 7) is 0.523. The first-order chi connectivity index (χ1) is 9.19. The number of ether oxygens (including phenoxy) is 1. The van der Waals surface area contributed by atoms with Crippen molar-refractivity contribution < 1.29 is 13.9 Å². The van der Waals surface area contributed by atoms with Crippen LogP contribution in [-0.2, 0) is 11.3 Å². The minimum atomic E-state index is -0.364. The van der Waals surface area contributed by atoms with Crippen molar-refractivity contribution in [3.05, 3.63) is 65.5 Å². The molecule has 2 aromatic carbocycles. The average molecular weight is 259 g/mol. The summed E-state index contributed by atoms with van der Waals surface area (Å²) >= 11 is 0. The molecule has 0 saturated carbocycles. The van der Waals surface area contributed by atoms with Crippen molar-refractivity contribution in [2.45, 2.75) is 6.54 Å². The molecule has 4 heteroatoms. The minimum absolute atomic E-state index is 0.250. The number of carbonyl (C=O) groups is 1. The lowest BCUT2D eigenvalue weighted by Crippen LogP contribution is -2.02. The van der Waals surface area contributed by atoms with Crippen LogP contribution in [0.2, 0.25) is 0 Å². The van der Waals surface area contributed by atoms with Crippen molar-refractivity contribution in [3.63, 3.8) is 0 Å². The largest absolute Gasteiger partial charge is 0.465 e. The van der Waals surface area contributed by atoms with Crippen LogP contribution in [0.4, 0.5) is 10.1 Å². The van der Waals surface area contributed by atoms with Gasteiger partial charge in [0.1, 0.15) is 5.82 Å². The van der Waals surface area contributed by atoms with Crippen LogP contribution in [-0.4, -0.2) is 13.1 Å². The summed E-state index contributed by atoms with van der Waals surface area (Å²) in [4.78, 5) is 11.3. The monoisotopic (exact) mass is 259 g/mol. The van der Waals surface area contributed by atoms with E-state index in [4.69, 9.17) is 0 Å². The molecule has 0 atom stereocenters. The molecule has 3 nitrogen and oxygen atoms in total. The maximum Gasteiger partial charge on any atom is 0.337 e. The lowest BCUT2D eigenvalue weighted by molar-refractivity contribution is 0.0601. The fourth-order valence-electron chi connectivity index (χ4n) is 1.69. The number of anilines is 1. The van der Waals surface area contributed by atoms with Gasteiger partial charge in [0, 0.05) is 12.2 Å². The highest BCUT2D eigenvalue weighted by Gasteiger charge is 2.04. The molecule has 98 valence electrons. The summed E-state index contributed by atoms with van der Waals surface area (Å²) in [5.41, 5.74) is 2.22. The van der Waals surface area contributed by atoms with E-state index >= 15 is 0 Å². The molecule has 0 aliphatic heterocycles. The second-order valence-corrected chi connectivity index (χ2v) is 4.05. The quantitative estimate of drug-likeness (QED) is 0.857. The first kappa shape index (κ1) is 13.1. The van der Waals surface area contributed by atoms with Gasteiger partial charge in [0.25, 0.3) is 0 Å². The van der Waals surface area contributed by atoms with Crippen LogP contribution < -0.4 is 5.32 Å². The summed E-state index contributed by atoms with van der Waals surface area (Å²) < 4.78 is 17.6. The Bertz CT molecular complexity index is 567. The molecule has 2 aromatic rings. The van der Waals surface area contributed by atoms with Crippen LogP contribution in [0, 0.1) is 5.82 Å². The summed E-state index contributed by atoms with van der Waals surface area (Å²) in [7, 11) is 1.35. The molecule has 0 aliphatic carbocycles. The van der Waals surface area contributed by atoms with Crippen molar-refractivity contribution in [2.24, 2.45) is 0 Å². The second kappa shape index (κ2) is 6.00. The van der Waals surface area contributed by atoms with E-state index in [1.165, 1.54) is 19.2 Å². The van der Waals surface area contributed by atoms with Gasteiger partial charge in [-0.3, -0.25) is 0 Å². The van der Waals surface area contributed by atoms with Gasteiger partial charge in [-0.2, -0.15) is 0 Å². The second-order valence-electron chi connectivity index (χ2n) is 4.05. The lowest BCUT2D eigenvalue weighted by Gasteiger charge is -2.07. The zero-order valence-corrected chi connectivity index (χ0v) is 10.5. The van der Waals surface area contributed by atoms with E-state index in [0.717, 1.165) is 11.3 Å². The van der Waals surface area contributed by atoms with Crippen molar-refractivity contribution in [1.29, 1.82) is 0 Å². The SMILES string of the molecule is COC(=O)c1ccc(NCc2cccc(F)c2)cc1. The van der Waals surface area contributed by atoms with Crippen molar-refractivity contribution >= 4 is 11.7 Å². The van der Waals surface area contributed by atoms with E-state index in [1.807, 2.05) is 6.07 Å².